The van der Waals surface area contributed by atoms with Crippen LogP contribution in [0.4, 0.5) is 0 Å². The number of esters is 1. The molecule has 1 N–H and O–H groups in total. The second kappa shape index (κ2) is 6.76. The first kappa shape index (κ1) is 15.5. The van der Waals surface area contributed by atoms with Gasteiger partial charge in [0, 0.05) is 18.2 Å². The number of hydrogen-bond acceptors (Lipinski definition) is 5. The summed E-state index contributed by atoms with van der Waals surface area (Å²) >= 11 is 0. The third kappa shape index (κ3) is 3.33. The minimum atomic E-state index is -0.246. The van der Waals surface area contributed by atoms with Gasteiger partial charge in [0.1, 0.15) is 11.0 Å². The second-order valence-electron chi connectivity index (χ2n) is 5.68. The van der Waals surface area contributed by atoms with Crippen LogP contribution in [0.3, 0.4) is 0 Å². The molecule has 1 aliphatic rings. The number of aromatic amines is 1. The molecule has 1 aromatic heterocycles. The van der Waals surface area contributed by atoms with E-state index in [4.69, 9.17) is 4.74 Å². The van der Waals surface area contributed by atoms with Gasteiger partial charge in [-0.15, -0.1) is 0 Å². The Bertz CT molecular complexity index is 712. The Hall–Kier alpha value is -2.44. The fraction of sp³-hybridized carbons (Fsp3) is 0.500. The number of ether oxygens (including phenoxy) is 1. The average Bonchev–Trinajstić information content (AvgIpc) is 3.02. The summed E-state index contributed by atoms with van der Waals surface area (Å²) in [6, 6.07) is 5.17. The lowest BCUT2D eigenvalue weighted by Crippen LogP contribution is -2.45. The molecule has 1 atom stereocenters. The van der Waals surface area contributed by atoms with Crippen molar-refractivity contribution in [3.05, 3.63) is 23.8 Å². The summed E-state index contributed by atoms with van der Waals surface area (Å²) in [6.07, 6.45) is 3.07. The highest BCUT2D eigenvalue weighted by atomic mass is 16.5. The van der Waals surface area contributed by atoms with Crippen molar-refractivity contribution in [2.24, 2.45) is 0 Å². The van der Waals surface area contributed by atoms with E-state index in [2.05, 4.69) is 15.4 Å². The van der Waals surface area contributed by atoms with Crippen LogP contribution in [-0.2, 0) is 9.53 Å². The van der Waals surface area contributed by atoms with Crippen LogP contribution in [0, 0.1) is 0 Å². The number of piperidine rings is 1. The summed E-state index contributed by atoms with van der Waals surface area (Å²) in [4.78, 5) is 26.4. The van der Waals surface area contributed by atoms with Crippen molar-refractivity contribution in [1.82, 2.24) is 20.3 Å². The Balaban J connectivity index is 1.78. The van der Waals surface area contributed by atoms with Crippen molar-refractivity contribution in [3.8, 4) is 0 Å². The summed E-state index contributed by atoms with van der Waals surface area (Å²) in [5.74, 6) is -0.312. The third-order valence-electron chi connectivity index (χ3n) is 4.16. The number of rotatable bonds is 4. The molecule has 1 fully saturated rings. The summed E-state index contributed by atoms with van der Waals surface area (Å²) < 4.78 is 5.03. The largest absolute Gasteiger partial charge is 0.466 e. The quantitative estimate of drug-likeness (QED) is 0.870. The third-order valence-corrected chi connectivity index (χ3v) is 4.16. The summed E-state index contributed by atoms with van der Waals surface area (Å²) in [7, 11) is 0. The molecule has 122 valence electrons. The molecular weight excluding hydrogens is 296 g/mol. The molecule has 0 radical (unpaired) electrons. The Morgan fingerprint density at radius 1 is 1.30 bits per heavy atom. The van der Waals surface area contributed by atoms with E-state index in [0.29, 0.717) is 24.2 Å². The number of hydrogen-bond donors (Lipinski definition) is 1. The zero-order valence-corrected chi connectivity index (χ0v) is 13.1. The summed E-state index contributed by atoms with van der Waals surface area (Å²) in [6.45, 7) is 2.82. The number of benzene rings is 1. The second-order valence-corrected chi connectivity index (χ2v) is 5.68. The SMILES string of the molecule is CCOC(=O)C[C@@H]1CCCCN1C(=O)c1ccc2n[nH]nc2c1. The minimum absolute atomic E-state index is 0.0658. The number of likely N-dealkylation sites (tertiary alicyclic amines) is 1. The minimum Gasteiger partial charge on any atom is -0.466 e. The number of nitrogens with zero attached hydrogens (tertiary/aromatic N) is 3. The number of fused-ring (bicyclic) bond motifs is 1. The number of H-pyrrole nitrogens is 1. The monoisotopic (exact) mass is 316 g/mol. The lowest BCUT2D eigenvalue weighted by molar-refractivity contribution is -0.144. The first-order chi connectivity index (χ1) is 11.2. The van der Waals surface area contributed by atoms with Crippen LogP contribution in [0.5, 0.6) is 0 Å². The molecular formula is C16H20N4O3. The average molecular weight is 316 g/mol. The van der Waals surface area contributed by atoms with E-state index in [1.165, 1.54) is 0 Å². The van der Waals surface area contributed by atoms with Crippen LogP contribution in [0.15, 0.2) is 18.2 Å². The summed E-state index contributed by atoms with van der Waals surface area (Å²) in [5, 5.41) is 10.5. The van der Waals surface area contributed by atoms with Crippen molar-refractivity contribution in [1.29, 1.82) is 0 Å². The van der Waals surface area contributed by atoms with E-state index in [1.54, 1.807) is 30.0 Å². The van der Waals surface area contributed by atoms with Crippen LogP contribution in [-0.4, -0.2) is 51.4 Å². The molecule has 0 saturated carbocycles. The predicted molar refractivity (Wildman–Crippen MR) is 83.8 cm³/mol. The van der Waals surface area contributed by atoms with Gasteiger partial charge in [-0.05, 0) is 44.4 Å². The maximum absolute atomic E-state index is 12.8. The normalized spacial score (nSPS) is 18.1. The Morgan fingerprint density at radius 3 is 2.96 bits per heavy atom. The van der Waals surface area contributed by atoms with E-state index in [9.17, 15) is 9.59 Å². The molecule has 3 rings (SSSR count). The van der Waals surface area contributed by atoms with Gasteiger partial charge in [-0.3, -0.25) is 9.59 Å². The van der Waals surface area contributed by atoms with E-state index in [1.807, 2.05) is 0 Å². The van der Waals surface area contributed by atoms with Gasteiger partial charge in [-0.1, -0.05) is 0 Å². The highest BCUT2D eigenvalue weighted by Gasteiger charge is 2.29. The molecule has 7 heteroatoms. The van der Waals surface area contributed by atoms with Crippen LogP contribution in [0.1, 0.15) is 43.0 Å². The van der Waals surface area contributed by atoms with Crippen LogP contribution in [0.2, 0.25) is 0 Å². The maximum atomic E-state index is 12.8. The molecule has 1 aromatic carbocycles. The number of carbonyl (C=O) groups excluding carboxylic acids is 2. The van der Waals surface area contributed by atoms with Gasteiger partial charge < -0.3 is 9.64 Å². The first-order valence-corrected chi connectivity index (χ1v) is 7.96. The lowest BCUT2D eigenvalue weighted by atomic mass is 9.98. The predicted octanol–water partition coefficient (Wildman–Crippen LogP) is 1.91. The van der Waals surface area contributed by atoms with Crippen molar-refractivity contribution >= 4 is 22.9 Å². The standard InChI is InChI=1S/C16H20N4O3/c1-2-23-15(21)10-12-5-3-4-8-20(12)16(22)11-6-7-13-14(9-11)18-19-17-13/h6-7,9,12H,2-5,8,10H2,1H3,(H,17,18,19)/t12-/m0/s1. The number of carbonyl (C=O) groups is 2. The topological polar surface area (TPSA) is 88.2 Å². The molecule has 1 aliphatic heterocycles. The van der Waals surface area contributed by atoms with Crippen LogP contribution in [0.25, 0.3) is 11.0 Å². The van der Waals surface area contributed by atoms with E-state index in [-0.39, 0.29) is 24.3 Å². The van der Waals surface area contributed by atoms with Gasteiger partial charge in [0.2, 0.25) is 0 Å². The van der Waals surface area contributed by atoms with Crippen molar-refractivity contribution < 1.29 is 14.3 Å². The molecule has 1 saturated heterocycles. The highest BCUT2D eigenvalue weighted by Crippen LogP contribution is 2.23. The lowest BCUT2D eigenvalue weighted by Gasteiger charge is -2.35. The zero-order valence-electron chi connectivity index (χ0n) is 13.1. The molecule has 0 bridgehead atoms. The van der Waals surface area contributed by atoms with Gasteiger partial charge in [0.05, 0.1) is 13.0 Å². The van der Waals surface area contributed by atoms with Gasteiger partial charge in [0.15, 0.2) is 0 Å². The fourth-order valence-electron chi connectivity index (χ4n) is 3.03. The van der Waals surface area contributed by atoms with Crippen LogP contribution < -0.4 is 0 Å². The van der Waals surface area contributed by atoms with Gasteiger partial charge >= 0.3 is 5.97 Å². The number of aromatic nitrogens is 3. The van der Waals surface area contributed by atoms with Gasteiger partial charge in [-0.2, -0.15) is 15.4 Å². The van der Waals surface area contributed by atoms with Crippen molar-refractivity contribution in [2.45, 2.75) is 38.6 Å². The van der Waals surface area contributed by atoms with Crippen molar-refractivity contribution in [3.63, 3.8) is 0 Å². The summed E-state index contributed by atoms with van der Waals surface area (Å²) in [5.41, 5.74) is 1.96. The van der Waals surface area contributed by atoms with Crippen molar-refractivity contribution in [2.75, 3.05) is 13.2 Å². The van der Waals surface area contributed by atoms with E-state index >= 15 is 0 Å². The van der Waals surface area contributed by atoms with E-state index in [0.717, 1.165) is 24.8 Å². The highest BCUT2D eigenvalue weighted by molar-refractivity contribution is 5.97. The molecule has 0 unspecified atom stereocenters. The molecule has 2 heterocycles. The van der Waals surface area contributed by atoms with Gasteiger partial charge in [0.25, 0.3) is 5.91 Å². The smallest absolute Gasteiger partial charge is 0.307 e. The van der Waals surface area contributed by atoms with Crippen LogP contribution >= 0.6 is 0 Å². The van der Waals surface area contributed by atoms with E-state index < -0.39 is 0 Å². The number of nitrogens with one attached hydrogen (secondary N) is 1. The molecule has 2 aromatic rings. The molecule has 0 aliphatic carbocycles. The Kier molecular flexibility index (Phi) is 4.55. The maximum Gasteiger partial charge on any atom is 0.307 e. The van der Waals surface area contributed by atoms with Gasteiger partial charge in [-0.25, -0.2) is 0 Å². The molecule has 7 nitrogen and oxygen atoms in total. The zero-order chi connectivity index (χ0) is 16.2. The molecule has 1 amide bonds. The first-order valence-electron chi connectivity index (χ1n) is 7.96. The molecule has 23 heavy (non-hydrogen) atoms. The molecule has 0 spiro atoms. The number of amides is 1. The fourth-order valence-corrected chi connectivity index (χ4v) is 3.03. The Labute approximate surface area is 134 Å². The Morgan fingerprint density at radius 2 is 2.13 bits per heavy atom.